The summed E-state index contributed by atoms with van der Waals surface area (Å²) in [4.78, 5) is 11.7. The number of hydrogen-bond acceptors (Lipinski definition) is 2. The fourth-order valence-corrected chi connectivity index (χ4v) is 3.45. The van der Waals surface area contributed by atoms with Gasteiger partial charge in [-0.05, 0) is 48.9 Å². The third-order valence-corrected chi connectivity index (χ3v) is 4.78. The summed E-state index contributed by atoms with van der Waals surface area (Å²) in [6.07, 6.45) is 4.06. The normalized spacial score (nSPS) is 20.3. The molecule has 1 amide bonds. The fourth-order valence-electron chi connectivity index (χ4n) is 3.45. The van der Waals surface area contributed by atoms with E-state index in [2.05, 4.69) is 25.2 Å². The molecule has 0 radical (unpaired) electrons. The third kappa shape index (κ3) is 1.43. The van der Waals surface area contributed by atoms with E-state index in [1.807, 2.05) is 0 Å². The van der Waals surface area contributed by atoms with Gasteiger partial charge in [0.25, 0.3) is 0 Å². The molecule has 3 heteroatoms. The highest BCUT2D eigenvalue weighted by molar-refractivity contribution is 6.00. The number of fused-ring (bicyclic) bond motifs is 1. The van der Waals surface area contributed by atoms with Crippen molar-refractivity contribution in [1.82, 2.24) is 0 Å². The maximum Gasteiger partial charge on any atom is 0.228 e. The van der Waals surface area contributed by atoms with Crippen LogP contribution in [0.25, 0.3) is 0 Å². The first-order chi connectivity index (χ1) is 8.57. The highest BCUT2D eigenvalue weighted by atomic mass is 16.1. The monoisotopic (exact) mass is 244 g/mol. The van der Waals surface area contributed by atoms with Crippen molar-refractivity contribution in [2.45, 2.75) is 44.9 Å². The SMILES string of the molecule is Cc1cc2c(c(C3(CN)CCC3)c1C)NC(=O)C2. The number of hydrogen-bond donors (Lipinski definition) is 2. The first kappa shape index (κ1) is 11.7. The van der Waals surface area contributed by atoms with Crippen molar-refractivity contribution >= 4 is 11.6 Å². The molecule has 0 aromatic heterocycles. The molecule has 0 atom stereocenters. The quantitative estimate of drug-likeness (QED) is 0.837. The van der Waals surface area contributed by atoms with Crippen LogP contribution in [0.4, 0.5) is 5.69 Å². The summed E-state index contributed by atoms with van der Waals surface area (Å²) in [6.45, 7) is 4.97. The van der Waals surface area contributed by atoms with Crippen molar-refractivity contribution < 1.29 is 4.79 Å². The lowest BCUT2D eigenvalue weighted by molar-refractivity contribution is -0.115. The number of carbonyl (C=O) groups excluding carboxylic acids is 1. The number of nitrogens with two attached hydrogens (primary N) is 1. The number of carbonyl (C=O) groups is 1. The molecule has 0 unspecified atom stereocenters. The maximum absolute atomic E-state index is 11.7. The Kier molecular flexibility index (Phi) is 2.49. The van der Waals surface area contributed by atoms with Crippen LogP contribution in [-0.4, -0.2) is 12.5 Å². The standard InChI is InChI=1S/C15H20N2O/c1-9-6-11-7-12(18)17-14(11)13(10(9)2)15(8-16)4-3-5-15/h6H,3-5,7-8,16H2,1-2H3,(H,17,18). The average molecular weight is 244 g/mol. The summed E-state index contributed by atoms with van der Waals surface area (Å²) in [5, 5.41) is 3.05. The highest BCUT2D eigenvalue weighted by Gasteiger charge is 2.42. The number of amides is 1. The van der Waals surface area contributed by atoms with Crippen LogP contribution in [-0.2, 0) is 16.6 Å². The van der Waals surface area contributed by atoms with E-state index >= 15 is 0 Å². The van der Waals surface area contributed by atoms with E-state index in [1.165, 1.54) is 23.1 Å². The lowest BCUT2D eigenvalue weighted by Gasteiger charge is -2.43. The predicted molar refractivity (Wildman–Crippen MR) is 72.8 cm³/mol. The molecule has 0 bridgehead atoms. The lowest BCUT2D eigenvalue weighted by atomic mass is 9.62. The second-order valence-corrected chi connectivity index (χ2v) is 5.79. The van der Waals surface area contributed by atoms with Crippen molar-refractivity contribution in [2.24, 2.45) is 5.73 Å². The molecule has 1 aromatic rings. The zero-order chi connectivity index (χ0) is 12.9. The Morgan fingerprint density at radius 2 is 2.11 bits per heavy atom. The third-order valence-electron chi connectivity index (χ3n) is 4.78. The molecule has 1 aliphatic carbocycles. The number of aryl methyl sites for hydroxylation is 1. The Bertz CT molecular complexity index is 524. The number of nitrogens with one attached hydrogen (secondary N) is 1. The van der Waals surface area contributed by atoms with E-state index in [0.29, 0.717) is 13.0 Å². The van der Waals surface area contributed by atoms with Gasteiger partial charge >= 0.3 is 0 Å². The Labute approximate surface area is 108 Å². The molecule has 1 aliphatic heterocycles. The van der Waals surface area contributed by atoms with Gasteiger partial charge in [-0.1, -0.05) is 12.5 Å². The van der Waals surface area contributed by atoms with Crippen molar-refractivity contribution in [2.75, 3.05) is 11.9 Å². The van der Waals surface area contributed by atoms with E-state index < -0.39 is 0 Å². The molecule has 96 valence electrons. The molecule has 18 heavy (non-hydrogen) atoms. The Morgan fingerprint density at radius 3 is 2.67 bits per heavy atom. The van der Waals surface area contributed by atoms with E-state index in [4.69, 9.17) is 5.73 Å². The van der Waals surface area contributed by atoms with Crippen LogP contribution in [0.15, 0.2) is 6.07 Å². The summed E-state index contributed by atoms with van der Waals surface area (Å²) >= 11 is 0. The molecule has 3 nitrogen and oxygen atoms in total. The molecule has 1 fully saturated rings. The summed E-state index contributed by atoms with van der Waals surface area (Å²) in [5.74, 6) is 0.114. The van der Waals surface area contributed by atoms with Crippen LogP contribution < -0.4 is 11.1 Å². The summed E-state index contributed by atoms with van der Waals surface area (Å²) in [6, 6.07) is 2.15. The molecular formula is C15H20N2O. The fraction of sp³-hybridized carbons (Fsp3) is 0.533. The zero-order valence-electron chi connectivity index (χ0n) is 11.1. The van der Waals surface area contributed by atoms with Gasteiger partial charge in [-0.2, -0.15) is 0 Å². The van der Waals surface area contributed by atoms with Crippen LogP contribution in [0.5, 0.6) is 0 Å². The van der Waals surface area contributed by atoms with E-state index in [9.17, 15) is 4.79 Å². The molecule has 1 heterocycles. The van der Waals surface area contributed by atoms with Crippen LogP contribution in [0.3, 0.4) is 0 Å². The number of rotatable bonds is 2. The summed E-state index contributed by atoms with van der Waals surface area (Å²) in [7, 11) is 0. The van der Waals surface area contributed by atoms with Gasteiger partial charge in [0.2, 0.25) is 5.91 Å². The lowest BCUT2D eigenvalue weighted by Crippen LogP contribution is -2.42. The molecule has 0 saturated heterocycles. The van der Waals surface area contributed by atoms with Crippen molar-refractivity contribution in [3.8, 4) is 0 Å². The molecule has 1 aromatic carbocycles. The second-order valence-electron chi connectivity index (χ2n) is 5.79. The predicted octanol–water partition coefficient (Wildman–Crippen LogP) is 2.18. The molecule has 3 N–H and O–H groups in total. The Hall–Kier alpha value is -1.35. The Balaban J connectivity index is 2.22. The topological polar surface area (TPSA) is 55.1 Å². The smallest absolute Gasteiger partial charge is 0.228 e. The van der Waals surface area contributed by atoms with Crippen molar-refractivity contribution in [3.63, 3.8) is 0 Å². The van der Waals surface area contributed by atoms with Crippen LogP contribution in [0, 0.1) is 13.8 Å². The molecular weight excluding hydrogens is 224 g/mol. The zero-order valence-corrected chi connectivity index (χ0v) is 11.1. The van der Waals surface area contributed by atoms with Gasteiger partial charge in [-0.15, -0.1) is 0 Å². The molecule has 1 saturated carbocycles. The minimum absolute atomic E-state index is 0.109. The van der Waals surface area contributed by atoms with Gasteiger partial charge in [0, 0.05) is 17.6 Å². The van der Waals surface area contributed by atoms with Gasteiger partial charge in [0.1, 0.15) is 0 Å². The van der Waals surface area contributed by atoms with Gasteiger partial charge < -0.3 is 11.1 Å². The highest BCUT2D eigenvalue weighted by Crippen LogP contribution is 2.49. The van der Waals surface area contributed by atoms with Gasteiger partial charge in [0.15, 0.2) is 0 Å². The van der Waals surface area contributed by atoms with Gasteiger partial charge in [-0.3, -0.25) is 4.79 Å². The summed E-state index contributed by atoms with van der Waals surface area (Å²) < 4.78 is 0. The van der Waals surface area contributed by atoms with Crippen LogP contribution in [0.2, 0.25) is 0 Å². The average Bonchev–Trinajstić information content (AvgIpc) is 2.62. The second kappa shape index (κ2) is 3.82. The minimum atomic E-state index is 0.109. The molecule has 0 spiro atoms. The van der Waals surface area contributed by atoms with Gasteiger partial charge in [-0.25, -0.2) is 0 Å². The number of anilines is 1. The van der Waals surface area contributed by atoms with Gasteiger partial charge in [0.05, 0.1) is 6.42 Å². The van der Waals surface area contributed by atoms with Crippen molar-refractivity contribution in [1.29, 1.82) is 0 Å². The Morgan fingerprint density at radius 1 is 1.39 bits per heavy atom. The van der Waals surface area contributed by atoms with Crippen LogP contribution in [0.1, 0.15) is 41.5 Å². The van der Waals surface area contributed by atoms with Crippen LogP contribution >= 0.6 is 0 Å². The minimum Gasteiger partial charge on any atom is -0.330 e. The summed E-state index contributed by atoms with van der Waals surface area (Å²) in [5.41, 5.74) is 12.3. The van der Waals surface area contributed by atoms with E-state index in [0.717, 1.165) is 24.1 Å². The first-order valence-electron chi connectivity index (χ1n) is 6.71. The molecule has 3 rings (SSSR count). The largest absolute Gasteiger partial charge is 0.330 e. The molecule has 2 aliphatic rings. The number of benzene rings is 1. The maximum atomic E-state index is 11.7. The van der Waals surface area contributed by atoms with Crippen molar-refractivity contribution in [3.05, 3.63) is 28.3 Å². The van der Waals surface area contributed by atoms with E-state index in [-0.39, 0.29) is 11.3 Å². The van der Waals surface area contributed by atoms with E-state index in [1.54, 1.807) is 0 Å². The first-order valence-corrected chi connectivity index (χ1v) is 6.71.